The lowest BCUT2D eigenvalue weighted by Crippen LogP contribution is -2.39. The highest BCUT2D eigenvalue weighted by Crippen LogP contribution is 2.16. The SMILES string of the molecule is C=C(C)C(=O)OCCOC(=O)[C@@H](NC(=O)OC(C)(C)C)c1ccccc1. The molecule has 7 heteroatoms. The molecule has 1 N–H and O–H groups in total. The van der Waals surface area contributed by atoms with Crippen LogP contribution in [0, 0.1) is 0 Å². The number of rotatable bonds is 7. The Kier molecular flexibility index (Phi) is 7.83. The number of nitrogens with one attached hydrogen (secondary N) is 1. The number of carbonyl (C=O) groups excluding carboxylic acids is 3. The van der Waals surface area contributed by atoms with Gasteiger partial charge < -0.3 is 19.5 Å². The fourth-order valence-corrected chi connectivity index (χ4v) is 1.83. The molecule has 0 unspecified atom stereocenters. The van der Waals surface area contributed by atoms with Crippen molar-refractivity contribution in [1.29, 1.82) is 0 Å². The molecule has 0 saturated heterocycles. The second-order valence-corrected chi connectivity index (χ2v) is 6.57. The quantitative estimate of drug-likeness (QED) is 0.347. The monoisotopic (exact) mass is 363 g/mol. The molecule has 0 aromatic heterocycles. The highest BCUT2D eigenvalue weighted by atomic mass is 16.6. The zero-order chi connectivity index (χ0) is 19.7. The summed E-state index contributed by atoms with van der Waals surface area (Å²) in [5.74, 6) is -1.25. The van der Waals surface area contributed by atoms with Crippen LogP contribution in [0.2, 0.25) is 0 Å². The molecule has 0 bridgehead atoms. The van der Waals surface area contributed by atoms with E-state index in [1.165, 1.54) is 6.92 Å². The number of esters is 2. The minimum atomic E-state index is -1.04. The zero-order valence-electron chi connectivity index (χ0n) is 15.5. The number of amides is 1. The molecule has 1 aromatic rings. The molecule has 0 aliphatic rings. The van der Waals surface area contributed by atoms with Gasteiger partial charge in [0.2, 0.25) is 0 Å². The highest BCUT2D eigenvalue weighted by Gasteiger charge is 2.27. The van der Waals surface area contributed by atoms with Gasteiger partial charge in [0.25, 0.3) is 0 Å². The molecule has 0 aliphatic carbocycles. The third kappa shape index (κ3) is 7.83. The van der Waals surface area contributed by atoms with Gasteiger partial charge in [-0.05, 0) is 33.3 Å². The summed E-state index contributed by atoms with van der Waals surface area (Å²) in [5, 5.41) is 2.50. The molecule has 142 valence electrons. The van der Waals surface area contributed by atoms with Crippen molar-refractivity contribution in [3.05, 3.63) is 48.0 Å². The molecule has 26 heavy (non-hydrogen) atoms. The van der Waals surface area contributed by atoms with Crippen LogP contribution in [0.1, 0.15) is 39.3 Å². The third-order valence-corrected chi connectivity index (χ3v) is 2.94. The van der Waals surface area contributed by atoms with Gasteiger partial charge in [0.05, 0.1) is 0 Å². The molecule has 7 nitrogen and oxygen atoms in total. The molecule has 0 saturated carbocycles. The Labute approximate surface area is 153 Å². The fourth-order valence-electron chi connectivity index (χ4n) is 1.83. The molecule has 1 amide bonds. The first kappa shape index (κ1) is 21.2. The van der Waals surface area contributed by atoms with Crippen LogP contribution in [-0.4, -0.2) is 36.8 Å². The van der Waals surface area contributed by atoms with E-state index < -0.39 is 29.7 Å². The lowest BCUT2D eigenvalue weighted by Gasteiger charge is -2.23. The summed E-state index contributed by atoms with van der Waals surface area (Å²) < 4.78 is 15.1. The Morgan fingerprint density at radius 2 is 1.65 bits per heavy atom. The molecular weight excluding hydrogens is 338 g/mol. The number of ether oxygens (including phenoxy) is 3. The van der Waals surface area contributed by atoms with E-state index in [0.717, 1.165) is 0 Å². The van der Waals surface area contributed by atoms with Gasteiger partial charge in [0.15, 0.2) is 6.04 Å². The van der Waals surface area contributed by atoms with E-state index in [-0.39, 0.29) is 18.8 Å². The summed E-state index contributed by atoms with van der Waals surface area (Å²) >= 11 is 0. The van der Waals surface area contributed by atoms with E-state index in [2.05, 4.69) is 11.9 Å². The van der Waals surface area contributed by atoms with Gasteiger partial charge in [-0.15, -0.1) is 0 Å². The number of carbonyl (C=O) groups is 3. The molecule has 0 heterocycles. The topological polar surface area (TPSA) is 90.9 Å². The van der Waals surface area contributed by atoms with Crippen LogP contribution >= 0.6 is 0 Å². The second-order valence-electron chi connectivity index (χ2n) is 6.57. The summed E-state index contributed by atoms with van der Waals surface area (Å²) in [5.41, 5.74) is 0.0961. The van der Waals surface area contributed by atoms with Crippen molar-refractivity contribution in [3.63, 3.8) is 0 Å². The third-order valence-electron chi connectivity index (χ3n) is 2.94. The maximum absolute atomic E-state index is 12.4. The van der Waals surface area contributed by atoms with Crippen molar-refractivity contribution in [2.45, 2.75) is 39.3 Å². The molecule has 0 aliphatic heterocycles. The second kappa shape index (κ2) is 9.60. The van der Waals surface area contributed by atoms with Gasteiger partial charge in [-0.3, -0.25) is 0 Å². The van der Waals surface area contributed by atoms with Crippen molar-refractivity contribution in [1.82, 2.24) is 5.32 Å². The summed E-state index contributed by atoms with van der Waals surface area (Å²) in [6.45, 7) is 9.89. The normalized spacial score (nSPS) is 11.8. The van der Waals surface area contributed by atoms with Crippen molar-refractivity contribution >= 4 is 18.0 Å². The largest absolute Gasteiger partial charge is 0.460 e. The van der Waals surface area contributed by atoms with Crippen molar-refractivity contribution in [2.75, 3.05) is 13.2 Å². The Hall–Kier alpha value is -2.83. The van der Waals surface area contributed by atoms with E-state index in [1.807, 2.05) is 0 Å². The first-order chi connectivity index (χ1) is 12.1. The standard InChI is InChI=1S/C19H25NO6/c1-13(2)16(21)24-11-12-25-17(22)15(14-9-7-6-8-10-14)20-18(23)26-19(3,4)5/h6-10,15H,1,11-12H2,2-5H3,(H,20,23)/t15-/m0/s1. The first-order valence-corrected chi connectivity index (χ1v) is 8.14. The van der Waals surface area contributed by atoms with Crippen LogP contribution in [0.3, 0.4) is 0 Å². The minimum absolute atomic E-state index is 0.106. The zero-order valence-corrected chi connectivity index (χ0v) is 15.5. The van der Waals surface area contributed by atoms with Crippen LogP contribution in [0.25, 0.3) is 0 Å². The van der Waals surface area contributed by atoms with Crippen LogP contribution in [-0.2, 0) is 23.8 Å². The van der Waals surface area contributed by atoms with E-state index >= 15 is 0 Å². The van der Waals surface area contributed by atoms with Crippen LogP contribution in [0.4, 0.5) is 4.79 Å². The molecule has 0 spiro atoms. The average molecular weight is 363 g/mol. The smallest absolute Gasteiger partial charge is 0.408 e. The van der Waals surface area contributed by atoms with E-state index in [4.69, 9.17) is 14.2 Å². The van der Waals surface area contributed by atoms with Crippen LogP contribution in [0.15, 0.2) is 42.5 Å². The predicted octanol–water partition coefficient (Wildman–Crippen LogP) is 2.91. The molecule has 0 radical (unpaired) electrons. The summed E-state index contributed by atoms with van der Waals surface area (Å²) in [7, 11) is 0. The number of alkyl carbamates (subject to hydrolysis) is 1. The Balaban J connectivity index is 2.70. The van der Waals surface area contributed by atoms with E-state index in [1.54, 1.807) is 51.1 Å². The number of hydrogen-bond donors (Lipinski definition) is 1. The summed E-state index contributed by atoms with van der Waals surface area (Å²) in [6, 6.07) is 7.59. The van der Waals surface area contributed by atoms with Crippen molar-refractivity contribution in [3.8, 4) is 0 Å². The van der Waals surface area contributed by atoms with Gasteiger partial charge in [-0.2, -0.15) is 0 Å². The number of hydrogen-bond acceptors (Lipinski definition) is 6. The van der Waals surface area contributed by atoms with Crippen LogP contribution in [0.5, 0.6) is 0 Å². The molecule has 1 rings (SSSR count). The Bertz CT molecular complexity index is 648. The first-order valence-electron chi connectivity index (χ1n) is 8.14. The van der Waals surface area contributed by atoms with Crippen LogP contribution < -0.4 is 5.32 Å². The lowest BCUT2D eigenvalue weighted by molar-refractivity contribution is -0.152. The average Bonchev–Trinajstić information content (AvgIpc) is 2.55. The van der Waals surface area contributed by atoms with E-state index in [9.17, 15) is 14.4 Å². The minimum Gasteiger partial charge on any atom is -0.460 e. The fraction of sp³-hybridized carbons (Fsp3) is 0.421. The Morgan fingerprint density at radius 1 is 1.08 bits per heavy atom. The molecule has 0 fully saturated rings. The Morgan fingerprint density at radius 3 is 2.19 bits per heavy atom. The van der Waals surface area contributed by atoms with Gasteiger partial charge in [0.1, 0.15) is 18.8 Å². The highest BCUT2D eigenvalue weighted by molar-refractivity contribution is 5.87. The van der Waals surface area contributed by atoms with Crippen molar-refractivity contribution < 1.29 is 28.6 Å². The maximum Gasteiger partial charge on any atom is 0.408 e. The predicted molar refractivity (Wildman–Crippen MR) is 95.3 cm³/mol. The summed E-state index contributed by atoms with van der Waals surface area (Å²) in [4.78, 5) is 35.7. The van der Waals surface area contributed by atoms with Gasteiger partial charge in [0, 0.05) is 5.57 Å². The molecule has 1 aromatic carbocycles. The van der Waals surface area contributed by atoms with E-state index in [0.29, 0.717) is 5.56 Å². The number of benzene rings is 1. The lowest BCUT2D eigenvalue weighted by atomic mass is 10.1. The van der Waals surface area contributed by atoms with Gasteiger partial charge in [-0.1, -0.05) is 36.9 Å². The van der Waals surface area contributed by atoms with Gasteiger partial charge in [-0.25, -0.2) is 14.4 Å². The van der Waals surface area contributed by atoms with Gasteiger partial charge >= 0.3 is 18.0 Å². The molecule has 1 atom stereocenters. The summed E-state index contributed by atoms with van der Waals surface area (Å²) in [6.07, 6.45) is -0.739. The van der Waals surface area contributed by atoms with Crippen molar-refractivity contribution in [2.24, 2.45) is 0 Å². The molecular formula is C19H25NO6. The maximum atomic E-state index is 12.4.